The van der Waals surface area contributed by atoms with Gasteiger partial charge in [0.1, 0.15) is 11.1 Å². The SMILES string of the molecule is CS(=O)(=O)c1ccccc1Nc1snc(O)c1C#N. The zero-order valence-electron chi connectivity index (χ0n) is 9.78. The molecule has 0 bridgehead atoms. The van der Waals surface area contributed by atoms with Crippen LogP contribution in [-0.2, 0) is 9.84 Å². The Morgan fingerprint density at radius 2 is 2.11 bits per heavy atom. The molecule has 0 amide bonds. The number of benzene rings is 1. The molecule has 2 rings (SSSR count). The van der Waals surface area contributed by atoms with E-state index < -0.39 is 9.84 Å². The first kappa shape index (κ1) is 13.3. The minimum Gasteiger partial charge on any atom is -0.492 e. The second-order valence-electron chi connectivity index (χ2n) is 3.72. The van der Waals surface area contributed by atoms with Gasteiger partial charge in [-0.25, -0.2) is 8.42 Å². The molecule has 0 saturated carbocycles. The lowest BCUT2D eigenvalue weighted by Gasteiger charge is -2.08. The van der Waals surface area contributed by atoms with Crippen molar-refractivity contribution in [3.8, 4) is 11.9 Å². The van der Waals surface area contributed by atoms with E-state index >= 15 is 0 Å². The number of nitrogens with zero attached hydrogens (tertiary/aromatic N) is 2. The van der Waals surface area contributed by atoms with Gasteiger partial charge in [0.25, 0.3) is 0 Å². The van der Waals surface area contributed by atoms with E-state index in [0.717, 1.165) is 17.8 Å². The largest absolute Gasteiger partial charge is 0.492 e. The van der Waals surface area contributed by atoms with Crippen LogP contribution < -0.4 is 5.32 Å². The number of para-hydroxylation sites is 1. The third kappa shape index (κ3) is 2.67. The maximum absolute atomic E-state index is 11.6. The molecule has 0 atom stereocenters. The molecule has 98 valence electrons. The van der Waals surface area contributed by atoms with Crippen molar-refractivity contribution in [3.05, 3.63) is 29.8 Å². The molecule has 2 N–H and O–H groups in total. The lowest BCUT2D eigenvalue weighted by atomic mass is 10.3. The summed E-state index contributed by atoms with van der Waals surface area (Å²) in [5.41, 5.74) is 0.332. The number of aromatic hydroxyl groups is 1. The number of hydrogen-bond acceptors (Lipinski definition) is 7. The van der Waals surface area contributed by atoms with Gasteiger partial charge in [-0.3, -0.25) is 0 Å². The van der Waals surface area contributed by atoms with Crippen molar-refractivity contribution in [2.24, 2.45) is 0 Å². The topological polar surface area (TPSA) is 103 Å². The Morgan fingerprint density at radius 1 is 1.42 bits per heavy atom. The van der Waals surface area contributed by atoms with E-state index in [0.29, 0.717) is 10.7 Å². The molecule has 1 aromatic carbocycles. The second-order valence-corrected chi connectivity index (χ2v) is 6.47. The number of anilines is 2. The molecule has 0 fully saturated rings. The summed E-state index contributed by atoms with van der Waals surface area (Å²) in [6.07, 6.45) is 1.10. The molecule has 0 unspecified atom stereocenters. The number of rotatable bonds is 3. The molecular weight excluding hydrogens is 286 g/mol. The third-order valence-electron chi connectivity index (χ3n) is 2.32. The van der Waals surface area contributed by atoms with E-state index in [4.69, 9.17) is 5.26 Å². The Morgan fingerprint density at radius 3 is 2.74 bits per heavy atom. The third-order valence-corrected chi connectivity index (χ3v) is 4.23. The molecule has 2 aromatic rings. The fraction of sp³-hybridized carbons (Fsp3) is 0.0909. The Hall–Kier alpha value is -2.11. The highest BCUT2D eigenvalue weighted by molar-refractivity contribution is 7.90. The molecule has 0 aliphatic carbocycles. The lowest BCUT2D eigenvalue weighted by molar-refractivity contribution is 0.458. The lowest BCUT2D eigenvalue weighted by Crippen LogP contribution is -2.02. The summed E-state index contributed by atoms with van der Waals surface area (Å²) in [5.74, 6) is -0.369. The van der Waals surface area contributed by atoms with Gasteiger partial charge in [-0.15, -0.1) is 0 Å². The quantitative estimate of drug-likeness (QED) is 0.896. The number of aromatic nitrogens is 1. The Labute approximate surface area is 114 Å². The van der Waals surface area contributed by atoms with Crippen LogP contribution in [-0.4, -0.2) is 24.2 Å². The number of sulfone groups is 1. The van der Waals surface area contributed by atoms with Crippen LogP contribution in [0.1, 0.15) is 5.56 Å². The van der Waals surface area contributed by atoms with Gasteiger partial charge in [0.15, 0.2) is 15.4 Å². The van der Waals surface area contributed by atoms with Crippen LogP contribution in [0.3, 0.4) is 0 Å². The van der Waals surface area contributed by atoms with Gasteiger partial charge < -0.3 is 10.4 Å². The van der Waals surface area contributed by atoms with Crippen molar-refractivity contribution in [2.75, 3.05) is 11.6 Å². The van der Waals surface area contributed by atoms with Crippen LogP contribution in [0, 0.1) is 11.3 Å². The summed E-state index contributed by atoms with van der Waals surface area (Å²) in [5, 5.41) is 21.4. The van der Waals surface area contributed by atoms with E-state index in [1.165, 1.54) is 6.07 Å². The van der Waals surface area contributed by atoms with Crippen LogP contribution in [0.25, 0.3) is 0 Å². The average molecular weight is 295 g/mol. The van der Waals surface area contributed by atoms with Crippen molar-refractivity contribution in [1.82, 2.24) is 4.37 Å². The van der Waals surface area contributed by atoms with E-state index in [1.807, 2.05) is 6.07 Å². The van der Waals surface area contributed by atoms with Crippen molar-refractivity contribution >= 4 is 32.1 Å². The Kier molecular flexibility index (Phi) is 3.42. The summed E-state index contributed by atoms with van der Waals surface area (Å²) in [6, 6.07) is 8.13. The molecule has 19 heavy (non-hydrogen) atoms. The van der Waals surface area contributed by atoms with Gasteiger partial charge in [0.2, 0.25) is 5.88 Å². The first-order chi connectivity index (χ1) is 8.93. The van der Waals surface area contributed by atoms with Crippen molar-refractivity contribution in [2.45, 2.75) is 4.90 Å². The summed E-state index contributed by atoms with van der Waals surface area (Å²) in [4.78, 5) is 0.117. The Bertz CT molecular complexity index is 760. The molecule has 0 spiro atoms. The van der Waals surface area contributed by atoms with Crippen LogP contribution in [0.4, 0.5) is 10.7 Å². The highest BCUT2D eigenvalue weighted by Gasteiger charge is 2.17. The Balaban J connectivity index is 2.48. The van der Waals surface area contributed by atoms with E-state index in [2.05, 4.69) is 9.69 Å². The molecular formula is C11H9N3O3S2. The van der Waals surface area contributed by atoms with Gasteiger partial charge in [0, 0.05) is 6.26 Å². The van der Waals surface area contributed by atoms with E-state index in [9.17, 15) is 13.5 Å². The fourth-order valence-electron chi connectivity index (χ4n) is 1.48. The number of nitrogens with one attached hydrogen (secondary N) is 1. The molecule has 8 heteroatoms. The van der Waals surface area contributed by atoms with Gasteiger partial charge in [-0.1, -0.05) is 12.1 Å². The molecule has 1 aromatic heterocycles. The van der Waals surface area contributed by atoms with Crippen molar-refractivity contribution in [1.29, 1.82) is 5.26 Å². The van der Waals surface area contributed by atoms with Crippen LogP contribution in [0.2, 0.25) is 0 Å². The van der Waals surface area contributed by atoms with E-state index in [1.54, 1.807) is 18.2 Å². The van der Waals surface area contributed by atoms with Gasteiger partial charge in [-0.05, 0) is 23.7 Å². The maximum Gasteiger partial charge on any atom is 0.243 e. The molecule has 0 saturated heterocycles. The molecule has 0 aliphatic heterocycles. The maximum atomic E-state index is 11.6. The number of hydrogen-bond donors (Lipinski definition) is 2. The first-order valence-corrected chi connectivity index (χ1v) is 7.75. The number of nitriles is 1. The summed E-state index contributed by atoms with van der Waals surface area (Å²) >= 11 is 0.886. The zero-order valence-corrected chi connectivity index (χ0v) is 11.4. The molecule has 1 heterocycles. The predicted molar refractivity (Wildman–Crippen MR) is 71.3 cm³/mol. The summed E-state index contributed by atoms with van der Waals surface area (Å²) in [7, 11) is -3.39. The average Bonchev–Trinajstić information content (AvgIpc) is 2.69. The standard InChI is InChI=1S/C11H9N3O3S2/c1-19(16,17)9-5-3-2-4-8(9)13-11-7(6-12)10(15)14-18-11/h2-5,13H,1H3,(H,14,15). The van der Waals surface area contributed by atoms with Crippen molar-refractivity contribution in [3.63, 3.8) is 0 Å². The zero-order chi connectivity index (χ0) is 14.0. The minimum atomic E-state index is -3.39. The smallest absolute Gasteiger partial charge is 0.243 e. The van der Waals surface area contributed by atoms with Crippen LogP contribution in [0.5, 0.6) is 5.88 Å². The predicted octanol–water partition coefficient (Wildman–Crippen LogP) is 1.87. The minimum absolute atomic E-state index is 0.00620. The molecule has 0 aliphatic rings. The monoisotopic (exact) mass is 295 g/mol. The first-order valence-electron chi connectivity index (χ1n) is 5.08. The van der Waals surface area contributed by atoms with Gasteiger partial charge in [0.05, 0.1) is 10.6 Å². The second kappa shape index (κ2) is 4.87. The fourth-order valence-corrected chi connectivity index (χ4v) is 2.98. The van der Waals surface area contributed by atoms with Gasteiger partial charge >= 0.3 is 0 Å². The van der Waals surface area contributed by atoms with Gasteiger partial charge in [-0.2, -0.15) is 9.64 Å². The van der Waals surface area contributed by atoms with Crippen molar-refractivity contribution < 1.29 is 13.5 Å². The molecule has 0 radical (unpaired) electrons. The highest BCUT2D eigenvalue weighted by Crippen LogP contribution is 2.33. The van der Waals surface area contributed by atoms with Crippen LogP contribution >= 0.6 is 11.5 Å². The highest BCUT2D eigenvalue weighted by atomic mass is 32.2. The molecule has 6 nitrogen and oxygen atoms in total. The van der Waals surface area contributed by atoms with E-state index in [-0.39, 0.29) is 16.3 Å². The summed E-state index contributed by atoms with van der Waals surface area (Å²) in [6.45, 7) is 0. The van der Waals surface area contributed by atoms with Crippen LogP contribution in [0.15, 0.2) is 29.2 Å². The normalized spacial score (nSPS) is 10.9. The summed E-state index contributed by atoms with van der Waals surface area (Å²) < 4.78 is 26.9.